The molecule has 2 rings (SSSR count). The summed E-state index contributed by atoms with van der Waals surface area (Å²) in [5.41, 5.74) is -1.51. The quantitative estimate of drug-likeness (QED) is 0.372. The fourth-order valence-corrected chi connectivity index (χ4v) is 2.99. The van der Waals surface area contributed by atoms with E-state index < -0.39 is 41.9 Å². The van der Waals surface area contributed by atoms with E-state index in [1.807, 2.05) is 0 Å². The van der Waals surface area contributed by atoms with Crippen molar-refractivity contribution in [1.82, 2.24) is 0 Å². The Balaban J connectivity index is 2.16. The van der Waals surface area contributed by atoms with E-state index in [1.165, 1.54) is 0 Å². The number of rotatable bonds is 2. The molecule has 2 fully saturated rings. The van der Waals surface area contributed by atoms with Crippen molar-refractivity contribution in [3.05, 3.63) is 0 Å². The van der Waals surface area contributed by atoms with Gasteiger partial charge in [-0.15, -0.1) is 0 Å². The lowest BCUT2D eigenvalue weighted by molar-refractivity contribution is -0.392. The predicted octanol–water partition coefficient (Wildman–Crippen LogP) is -1.92. The summed E-state index contributed by atoms with van der Waals surface area (Å²) in [6.45, 7) is 3.55. The van der Waals surface area contributed by atoms with E-state index in [4.69, 9.17) is 0 Å². The van der Waals surface area contributed by atoms with Gasteiger partial charge < -0.3 is 25.5 Å². The van der Waals surface area contributed by atoms with Crippen LogP contribution in [0, 0.1) is 17.8 Å². The third-order valence-electron chi connectivity index (χ3n) is 4.02. The molecule has 0 aliphatic heterocycles. The van der Waals surface area contributed by atoms with E-state index in [1.54, 1.807) is 13.8 Å². The highest BCUT2D eigenvalue weighted by atomic mass is 16.4. The van der Waals surface area contributed by atoms with Gasteiger partial charge in [0.2, 0.25) is 0 Å². The first-order valence-electron chi connectivity index (χ1n) is 5.28. The Kier molecular flexibility index (Phi) is 2.37. The maximum absolute atomic E-state index is 10.0. The average Bonchev–Trinajstić information content (AvgIpc) is 2.16. The highest BCUT2D eigenvalue weighted by Crippen LogP contribution is 2.59. The molecule has 0 bridgehead atoms. The van der Waals surface area contributed by atoms with Gasteiger partial charge in [0, 0.05) is 11.8 Å². The number of aliphatic hydroxyl groups excluding tert-OH is 4. The second-order valence-electron chi connectivity index (χ2n) is 5.10. The predicted molar refractivity (Wildman–Crippen MR) is 50.8 cm³/mol. The lowest BCUT2D eigenvalue weighted by atomic mass is 9.43. The van der Waals surface area contributed by atoms with Crippen molar-refractivity contribution in [2.45, 2.75) is 43.9 Å². The molecule has 0 heterocycles. The summed E-state index contributed by atoms with van der Waals surface area (Å²) >= 11 is 0. The third kappa shape index (κ3) is 1.10. The van der Waals surface area contributed by atoms with Crippen LogP contribution in [0.3, 0.4) is 0 Å². The molecule has 15 heavy (non-hydrogen) atoms. The maximum atomic E-state index is 10.0. The first-order chi connectivity index (χ1) is 6.83. The van der Waals surface area contributed by atoms with Crippen molar-refractivity contribution in [3.8, 4) is 0 Å². The summed E-state index contributed by atoms with van der Waals surface area (Å²) in [5.74, 6) is -1.59. The SMILES string of the molecule is CC(C)[C@H](O)[C@@H]1C(O)C2[C@@H](O)C(O)C21O. The van der Waals surface area contributed by atoms with Gasteiger partial charge in [-0.25, -0.2) is 0 Å². The second kappa shape index (κ2) is 3.15. The molecule has 0 saturated heterocycles. The molecule has 2 aliphatic carbocycles. The van der Waals surface area contributed by atoms with Gasteiger partial charge in [-0.05, 0) is 5.92 Å². The van der Waals surface area contributed by atoms with Crippen LogP contribution in [-0.2, 0) is 0 Å². The summed E-state index contributed by atoms with van der Waals surface area (Å²) in [7, 11) is 0. The summed E-state index contributed by atoms with van der Waals surface area (Å²) in [6, 6.07) is 0. The van der Waals surface area contributed by atoms with Crippen LogP contribution in [0.1, 0.15) is 13.8 Å². The van der Waals surface area contributed by atoms with Crippen molar-refractivity contribution in [2.75, 3.05) is 0 Å². The Morgan fingerprint density at radius 3 is 2.07 bits per heavy atom. The first-order valence-corrected chi connectivity index (χ1v) is 5.28. The molecule has 5 heteroatoms. The molecule has 88 valence electrons. The molecule has 5 N–H and O–H groups in total. The molecule has 2 aliphatic rings. The van der Waals surface area contributed by atoms with Crippen molar-refractivity contribution in [2.24, 2.45) is 17.8 Å². The molecular weight excluding hydrogens is 200 g/mol. The summed E-state index contributed by atoms with van der Waals surface area (Å²) in [6.07, 6.45) is -4.15. The van der Waals surface area contributed by atoms with Crippen LogP contribution in [0.5, 0.6) is 0 Å². The van der Waals surface area contributed by atoms with E-state index >= 15 is 0 Å². The normalized spacial score (nSPS) is 55.6. The van der Waals surface area contributed by atoms with E-state index in [0.717, 1.165) is 0 Å². The highest BCUT2D eigenvalue weighted by molar-refractivity contribution is 5.27. The molecule has 0 spiro atoms. The third-order valence-corrected chi connectivity index (χ3v) is 4.02. The molecule has 0 amide bonds. The zero-order valence-electron chi connectivity index (χ0n) is 8.78. The molecule has 0 radical (unpaired) electrons. The Morgan fingerprint density at radius 2 is 1.60 bits per heavy atom. The number of hydrogen-bond donors (Lipinski definition) is 5. The van der Waals surface area contributed by atoms with Gasteiger partial charge in [-0.3, -0.25) is 0 Å². The van der Waals surface area contributed by atoms with Gasteiger partial charge in [0.25, 0.3) is 0 Å². The van der Waals surface area contributed by atoms with E-state index in [-0.39, 0.29) is 5.92 Å². The Bertz CT molecular complexity index is 269. The van der Waals surface area contributed by atoms with Crippen molar-refractivity contribution in [3.63, 3.8) is 0 Å². The number of hydrogen-bond acceptors (Lipinski definition) is 5. The molecular formula is C10H18O5. The first kappa shape index (κ1) is 11.3. The molecule has 7 atom stereocenters. The smallest absolute Gasteiger partial charge is 0.110 e. The van der Waals surface area contributed by atoms with E-state index in [2.05, 4.69) is 0 Å². The molecule has 4 unspecified atom stereocenters. The van der Waals surface area contributed by atoms with Crippen molar-refractivity contribution >= 4 is 0 Å². The summed E-state index contributed by atoms with van der Waals surface area (Å²) in [4.78, 5) is 0. The van der Waals surface area contributed by atoms with Gasteiger partial charge in [-0.2, -0.15) is 0 Å². The standard InChI is InChI=1S/C10H18O5/c1-3(2)6(11)4-7(12)5-8(13)9(14)10(4,5)15/h3-9,11-15H,1-2H3/t4-,5?,6+,7?,8-,9?,10?/m1/s1. The second-order valence-corrected chi connectivity index (χ2v) is 5.10. The molecule has 5 nitrogen and oxygen atoms in total. The summed E-state index contributed by atoms with van der Waals surface area (Å²) in [5, 5.41) is 48.3. The van der Waals surface area contributed by atoms with Crippen LogP contribution in [0.25, 0.3) is 0 Å². The van der Waals surface area contributed by atoms with Crippen molar-refractivity contribution < 1.29 is 25.5 Å². The zero-order chi connectivity index (χ0) is 11.5. The lowest BCUT2D eigenvalue weighted by Gasteiger charge is -2.69. The van der Waals surface area contributed by atoms with Crippen LogP contribution >= 0.6 is 0 Å². The van der Waals surface area contributed by atoms with Gasteiger partial charge in [0.1, 0.15) is 11.7 Å². The minimum Gasteiger partial charge on any atom is -0.392 e. The van der Waals surface area contributed by atoms with Crippen molar-refractivity contribution in [1.29, 1.82) is 0 Å². The molecule has 2 saturated carbocycles. The van der Waals surface area contributed by atoms with Crippen LogP contribution in [-0.4, -0.2) is 55.5 Å². The maximum Gasteiger partial charge on any atom is 0.110 e. The summed E-state index contributed by atoms with van der Waals surface area (Å²) < 4.78 is 0. The Hall–Kier alpha value is -0.200. The largest absolute Gasteiger partial charge is 0.392 e. The van der Waals surface area contributed by atoms with Gasteiger partial charge in [0.05, 0.1) is 18.3 Å². The minimum absolute atomic E-state index is 0.112. The van der Waals surface area contributed by atoms with Crippen LogP contribution in [0.4, 0.5) is 0 Å². The fraction of sp³-hybridized carbons (Fsp3) is 1.00. The Labute approximate surface area is 88.0 Å². The van der Waals surface area contributed by atoms with E-state index in [9.17, 15) is 25.5 Å². The molecule has 0 aromatic heterocycles. The number of fused-ring (bicyclic) bond motifs is 1. The van der Waals surface area contributed by atoms with Gasteiger partial charge in [-0.1, -0.05) is 13.8 Å². The van der Waals surface area contributed by atoms with Crippen LogP contribution in [0.15, 0.2) is 0 Å². The Morgan fingerprint density at radius 1 is 1.07 bits per heavy atom. The van der Waals surface area contributed by atoms with Gasteiger partial charge in [0.15, 0.2) is 0 Å². The van der Waals surface area contributed by atoms with Crippen LogP contribution in [0.2, 0.25) is 0 Å². The monoisotopic (exact) mass is 218 g/mol. The average molecular weight is 218 g/mol. The highest BCUT2D eigenvalue weighted by Gasteiger charge is 2.77. The van der Waals surface area contributed by atoms with Crippen LogP contribution < -0.4 is 0 Å². The topological polar surface area (TPSA) is 101 Å². The lowest BCUT2D eigenvalue weighted by Crippen LogP contribution is -2.87. The minimum atomic E-state index is -1.51. The number of aliphatic hydroxyl groups is 5. The van der Waals surface area contributed by atoms with E-state index in [0.29, 0.717) is 0 Å². The van der Waals surface area contributed by atoms with Gasteiger partial charge >= 0.3 is 0 Å². The zero-order valence-corrected chi connectivity index (χ0v) is 8.78. The molecule has 0 aromatic carbocycles. The molecule has 0 aromatic rings. The fourth-order valence-electron chi connectivity index (χ4n) is 2.99.